The van der Waals surface area contributed by atoms with E-state index in [1.807, 2.05) is 0 Å². The molecule has 51 heavy (non-hydrogen) atoms. The van der Waals surface area contributed by atoms with Gasteiger partial charge in [-0.15, -0.1) is 0 Å². The summed E-state index contributed by atoms with van der Waals surface area (Å²) in [6.45, 7) is 3.09. The standard InChI is InChI=1S/C39H38F5NO6/c1-3-50-34(47)25-10-13-27(14-11-25)45-35(48)51-20-4-5-23-6-8-24(9-7-23)31-22-36(2)32(18-19-37(36,49)38(40,41)39(42,43)44)30-16-12-26-21-28(46)15-17-29(26)33(30)31/h6-11,13-14,21,30-32,49H,3,12,15-20,22H2,1-2H3,(H,45,48)/t30?,31-,32?,36+,37+/m1/s1. The number of ketones is 1. The maximum Gasteiger partial charge on any atom is 0.456 e. The number of allylic oxidation sites excluding steroid dienone is 4. The third-order valence-electron chi connectivity index (χ3n) is 11.2. The molecule has 4 aliphatic rings. The molecular weight excluding hydrogens is 673 g/mol. The number of nitrogens with one attached hydrogen (secondary N) is 1. The fourth-order valence-electron chi connectivity index (χ4n) is 8.81. The van der Waals surface area contributed by atoms with Crippen molar-refractivity contribution in [2.24, 2.45) is 17.3 Å². The molecule has 270 valence electrons. The summed E-state index contributed by atoms with van der Waals surface area (Å²) in [7, 11) is 0. The van der Waals surface area contributed by atoms with Crippen LogP contribution in [0.5, 0.6) is 0 Å². The summed E-state index contributed by atoms with van der Waals surface area (Å²) in [4.78, 5) is 36.3. The minimum atomic E-state index is -5.91. The molecule has 1 amide bonds. The molecule has 4 aliphatic carbocycles. The first-order valence-electron chi connectivity index (χ1n) is 17.0. The van der Waals surface area contributed by atoms with E-state index in [9.17, 15) is 32.7 Å². The van der Waals surface area contributed by atoms with E-state index < -0.39 is 53.4 Å². The molecule has 5 atom stereocenters. The van der Waals surface area contributed by atoms with Crippen molar-refractivity contribution in [3.8, 4) is 11.8 Å². The predicted octanol–water partition coefficient (Wildman–Crippen LogP) is 8.29. The van der Waals surface area contributed by atoms with Crippen molar-refractivity contribution < 1.29 is 50.9 Å². The highest BCUT2D eigenvalue weighted by Crippen LogP contribution is 2.70. The van der Waals surface area contributed by atoms with E-state index in [2.05, 4.69) is 17.2 Å². The molecule has 6 rings (SSSR count). The van der Waals surface area contributed by atoms with Crippen LogP contribution in [-0.4, -0.2) is 53.9 Å². The lowest BCUT2D eigenvalue weighted by Crippen LogP contribution is -2.65. The summed E-state index contributed by atoms with van der Waals surface area (Å²) in [6.07, 6.45) is -3.96. The Balaban J connectivity index is 1.21. The molecule has 2 aromatic carbocycles. The smallest absolute Gasteiger partial charge is 0.456 e. The van der Waals surface area contributed by atoms with Crippen LogP contribution in [-0.2, 0) is 14.3 Å². The van der Waals surface area contributed by atoms with Crippen molar-refractivity contribution in [2.75, 3.05) is 18.5 Å². The number of carbonyl (C=O) groups excluding carboxylic acids is 3. The predicted molar refractivity (Wildman–Crippen MR) is 177 cm³/mol. The molecule has 0 spiro atoms. The third kappa shape index (κ3) is 6.45. The van der Waals surface area contributed by atoms with E-state index in [4.69, 9.17) is 9.47 Å². The number of esters is 1. The number of halogens is 5. The van der Waals surface area contributed by atoms with Gasteiger partial charge in [0.2, 0.25) is 0 Å². The second-order valence-electron chi connectivity index (χ2n) is 13.9. The highest BCUT2D eigenvalue weighted by molar-refractivity contribution is 5.93. The van der Waals surface area contributed by atoms with Gasteiger partial charge in [-0.25, -0.2) is 9.59 Å². The van der Waals surface area contributed by atoms with Crippen LogP contribution >= 0.6 is 0 Å². The molecule has 2 saturated carbocycles. The van der Waals surface area contributed by atoms with Gasteiger partial charge >= 0.3 is 24.2 Å². The number of amides is 1. The highest BCUT2D eigenvalue weighted by Gasteiger charge is 2.79. The Labute approximate surface area is 292 Å². The van der Waals surface area contributed by atoms with Gasteiger partial charge in [-0.3, -0.25) is 10.1 Å². The first-order chi connectivity index (χ1) is 24.1. The quantitative estimate of drug-likeness (QED) is 0.178. The average Bonchev–Trinajstić information content (AvgIpc) is 3.37. The molecule has 0 saturated heterocycles. The molecular formula is C39H38F5NO6. The number of fused-ring (bicyclic) bond motifs is 4. The number of hydrogen-bond acceptors (Lipinski definition) is 6. The van der Waals surface area contributed by atoms with Gasteiger partial charge in [0, 0.05) is 29.0 Å². The first-order valence-corrected chi connectivity index (χ1v) is 17.0. The van der Waals surface area contributed by atoms with Crippen LogP contribution in [0.4, 0.5) is 32.4 Å². The molecule has 12 heteroatoms. The molecule has 0 aliphatic heterocycles. The molecule has 2 N–H and O–H groups in total. The van der Waals surface area contributed by atoms with Gasteiger partial charge in [0.25, 0.3) is 0 Å². The SMILES string of the molecule is CCOC(=O)c1ccc(NC(=O)OCC#Cc2ccc([C@H]3C[C@@]4(C)C(CC[C@@]4(O)C(F)(F)C(F)(F)F)C4CCC5=CC(=O)CCC5=C43)cc2)cc1. The topological polar surface area (TPSA) is 102 Å². The first kappa shape index (κ1) is 36.3. The van der Waals surface area contributed by atoms with Crippen molar-refractivity contribution in [1.29, 1.82) is 0 Å². The maximum absolute atomic E-state index is 15.2. The number of aliphatic hydroxyl groups is 1. The highest BCUT2D eigenvalue weighted by atomic mass is 19.4. The molecule has 0 bridgehead atoms. The van der Waals surface area contributed by atoms with Gasteiger partial charge in [-0.2, -0.15) is 22.0 Å². The van der Waals surface area contributed by atoms with Crippen molar-refractivity contribution >= 4 is 23.5 Å². The van der Waals surface area contributed by atoms with Gasteiger partial charge in [-0.1, -0.05) is 36.5 Å². The largest absolute Gasteiger partial charge is 0.462 e. The maximum atomic E-state index is 15.2. The Morgan fingerprint density at radius 1 is 0.980 bits per heavy atom. The van der Waals surface area contributed by atoms with E-state index >= 15 is 8.78 Å². The van der Waals surface area contributed by atoms with E-state index in [-0.39, 0.29) is 37.8 Å². The third-order valence-corrected chi connectivity index (χ3v) is 11.2. The van der Waals surface area contributed by atoms with Crippen molar-refractivity contribution in [1.82, 2.24) is 0 Å². The zero-order valence-corrected chi connectivity index (χ0v) is 28.2. The summed E-state index contributed by atoms with van der Waals surface area (Å²) < 4.78 is 82.0. The van der Waals surface area contributed by atoms with Crippen LogP contribution < -0.4 is 5.32 Å². The van der Waals surface area contributed by atoms with Gasteiger partial charge in [-0.05, 0) is 116 Å². The average molecular weight is 712 g/mol. The Morgan fingerprint density at radius 3 is 2.35 bits per heavy atom. The van der Waals surface area contributed by atoms with Gasteiger partial charge in [0.05, 0.1) is 12.2 Å². The molecule has 7 nitrogen and oxygen atoms in total. The normalized spacial score (nSPS) is 27.3. The van der Waals surface area contributed by atoms with E-state index in [1.54, 1.807) is 37.3 Å². The minimum absolute atomic E-state index is 0.0131. The number of ether oxygens (including phenoxy) is 2. The van der Waals surface area contributed by atoms with Crippen LogP contribution in [0.2, 0.25) is 0 Å². The summed E-state index contributed by atoms with van der Waals surface area (Å²) >= 11 is 0. The fraction of sp³-hybridized carbons (Fsp3) is 0.462. The van der Waals surface area contributed by atoms with E-state index in [0.717, 1.165) is 16.7 Å². The van der Waals surface area contributed by atoms with Crippen LogP contribution in [0.15, 0.2) is 71.3 Å². The fourth-order valence-corrected chi connectivity index (χ4v) is 8.81. The van der Waals surface area contributed by atoms with Crippen LogP contribution in [0.3, 0.4) is 0 Å². The number of alkyl halides is 5. The lowest BCUT2D eigenvalue weighted by molar-refractivity contribution is -0.362. The molecule has 0 heterocycles. The van der Waals surface area contributed by atoms with Gasteiger partial charge in [0.15, 0.2) is 12.4 Å². The summed E-state index contributed by atoms with van der Waals surface area (Å²) in [6, 6.07) is 13.0. The van der Waals surface area contributed by atoms with E-state index in [1.165, 1.54) is 31.2 Å². The van der Waals surface area contributed by atoms with Crippen LogP contribution in [0.1, 0.15) is 86.2 Å². The number of hydrogen-bond donors (Lipinski definition) is 2. The monoisotopic (exact) mass is 711 g/mol. The number of carbonyl (C=O) groups is 3. The second kappa shape index (κ2) is 13.6. The molecule has 2 fully saturated rings. The number of benzene rings is 2. The second-order valence-corrected chi connectivity index (χ2v) is 13.9. The molecule has 0 aromatic heterocycles. The Morgan fingerprint density at radius 2 is 1.69 bits per heavy atom. The molecule has 2 unspecified atom stereocenters. The summed E-state index contributed by atoms with van der Waals surface area (Å²) in [5, 5.41) is 14.0. The van der Waals surface area contributed by atoms with Gasteiger partial charge < -0.3 is 14.6 Å². The van der Waals surface area contributed by atoms with E-state index in [0.29, 0.717) is 48.1 Å². The van der Waals surface area contributed by atoms with Crippen molar-refractivity contribution in [2.45, 2.75) is 82.4 Å². The summed E-state index contributed by atoms with van der Waals surface area (Å²) in [5.41, 5.74) is -0.158. The Kier molecular flexibility index (Phi) is 9.65. The van der Waals surface area contributed by atoms with Crippen LogP contribution in [0.25, 0.3) is 0 Å². The van der Waals surface area contributed by atoms with Crippen molar-refractivity contribution in [3.05, 3.63) is 88.0 Å². The number of anilines is 1. The lowest BCUT2D eigenvalue weighted by Gasteiger charge is -2.56. The van der Waals surface area contributed by atoms with Gasteiger partial charge in [0.1, 0.15) is 5.60 Å². The zero-order chi connectivity index (χ0) is 36.8. The molecule has 0 radical (unpaired) electrons. The Hall–Kier alpha value is -4.50. The lowest BCUT2D eigenvalue weighted by atomic mass is 9.50. The summed E-state index contributed by atoms with van der Waals surface area (Å²) in [5.74, 6) is -1.57. The molecule has 2 aromatic rings. The van der Waals surface area contributed by atoms with Crippen LogP contribution in [0, 0.1) is 29.1 Å². The van der Waals surface area contributed by atoms with Crippen molar-refractivity contribution in [3.63, 3.8) is 0 Å². The minimum Gasteiger partial charge on any atom is -0.462 e. The Bertz CT molecular complexity index is 1840. The number of rotatable bonds is 6. The zero-order valence-electron chi connectivity index (χ0n) is 28.2.